The van der Waals surface area contributed by atoms with E-state index in [1.54, 1.807) is 0 Å². The topological polar surface area (TPSA) is 39.8 Å². The molecule has 3 aliphatic heterocycles. The number of hydrogen-bond acceptors (Lipinski definition) is 6. The van der Waals surface area contributed by atoms with Crippen molar-refractivity contribution < 1.29 is 4.74 Å². The zero-order valence-electron chi connectivity index (χ0n) is 21.1. The van der Waals surface area contributed by atoms with Gasteiger partial charge >= 0.3 is 0 Å². The Morgan fingerprint density at radius 1 is 1.15 bits per heavy atom. The molecule has 0 aromatic carbocycles. The molecule has 5 atom stereocenters. The van der Waals surface area contributed by atoms with Crippen LogP contribution in [-0.2, 0) is 4.74 Å². The van der Waals surface area contributed by atoms with Gasteiger partial charge in [0.15, 0.2) is 0 Å². The summed E-state index contributed by atoms with van der Waals surface area (Å²) in [5.41, 5.74) is 0.608. The Labute approximate surface area is 211 Å². The van der Waals surface area contributed by atoms with Crippen LogP contribution in [0.3, 0.4) is 0 Å². The van der Waals surface area contributed by atoms with E-state index in [-0.39, 0.29) is 10.9 Å². The van der Waals surface area contributed by atoms with Crippen molar-refractivity contribution in [2.75, 3.05) is 52.5 Å². The number of ether oxygens (including phenoxy) is 1. The van der Waals surface area contributed by atoms with Crippen LogP contribution in [0.1, 0.15) is 47.0 Å². The first-order chi connectivity index (χ1) is 15.8. The lowest BCUT2D eigenvalue weighted by Crippen LogP contribution is -2.55. The molecule has 0 aromatic rings. The summed E-state index contributed by atoms with van der Waals surface area (Å²) in [7, 11) is 0. The summed E-state index contributed by atoms with van der Waals surface area (Å²) >= 11 is 8.26. The molecular formula is C26H45ClN4OS. The normalized spacial score (nSPS) is 34.3. The molecule has 1 aliphatic carbocycles. The molecule has 33 heavy (non-hydrogen) atoms. The lowest BCUT2D eigenvalue weighted by molar-refractivity contribution is 0.0217. The van der Waals surface area contributed by atoms with Crippen LogP contribution < -0.4 is 10.6 Å². The van der Waals surface area contributed by atoms with E-state index < -0.39 is 0 Å². The summed E-state index contributed by atoms with van der Waals surface area (Å²) in [5.74, 6) is 2.06. The maximum absolute atomic E-state index is 6.31. The third kappa shape index (κ3) is 7.14. The number of piperidine rings is 1. The Morgan fingerprint density at radius 2 is 1.94 bits per heavy atom. The molecule has 0 amide bonds. The van der Waals surface area contributed by atoms with Gasteiger partial charge in [-0.05, 0) is 49.0 Å². The second-order valence-corrected chi connectivity index (χ2v) is 13.2. The van der Waals surface area contributed by atoms with Crippen molar-refractivity contribution in [3.63, 3.8) is 0 Å². The third-order valence-electron chi connectivity index (χ3n) is 8.02. The van der Waals surface area contributed by atoms with Crippen molar-refractivity contribution in [3.05, 3.63) is 23.3 Å². The van der Waals surface area contributed by atoms with Crippen LogP contribution in [0.2, 0.25) is 0 Å². The van der Waals surface area contributed by atoms with E-state index in [9.17, 15) is 0 Å². The van der Waals surface area contributed by atoms with Gasteiger partial charge in [-0.1, -0.05) is 51.6 Å². The highest BCUT2D eigenvalue weighted by atomic mass is 35.5. The number of alkyl halides is 1. The highest BCUT2D eigenvalue weighted by molar-refractivity contribution is 8.03. The summed E-state index contributed by atoms with van der Waals surface area (Å²) in [6, 6.07) is 0.477. The summed E-state index contributed by atoms with van der Waals surface area (Å²) < 4.78 is 5.49. The molecular weight excluding hydrogens is 452 g/mol. The predicted molar refractivity (Wildman–Crippen MR) is 141 cm³/mol. The average Bonchev–Trinajstić information content (AvgIpc) is 3.21. The predicted octanol–water partition coefficient (Wildman–Crippen LogP) is 4.32. The highest BCUT2D eigenvalue weighted by Crippen LogP contribution is 2.43. The Bertz CT molecular complexity index is 694. The van der Waals surface area contributed by atoms with E-state index in [0.717, 1.165) is 51.7 Å². The number of rotatable bonds is 8. The number of morpholine rings is 1. The Balaban J connectivity index is 1.26. The van der Waals surface area contributed by atoms with Gasteiger partial charge in [-0.15, -0.1) is 11.6 Å². The fourth-order valence-electron chi connectivity index (χ4n) is 6.04. The van der Waals surface area contributed by atoms with E-state index in [4.69, 9.17) is 16.3 Å². The minimum atomic E-state index is 0.244. The molecule has 7 heteroatoms. The van der Waals surface area contributed by atoms with Crippen molar-refractivity contribution in [3.8, 4) is 0 Å². The Kier molecular flexibility index (Phi) is 9.13. The van der Waals surface area contributed by atoms with E-state index >= 15 is 0 Å². The average molecular weight is 497 g/mol. The van der Waals surface area contributed by atoms with Crippen molar-refractivity contribution in [1.29, 1.82) is 0 Å². The highest BCUT2D eigenvalue weighted by Gasteiger charge is 2.40. The fraction of sp³-hybridized carbons (Fsp3) is 0.846. The van der Waals surface area contributed by atoms with Crippen LogP contribution in [0.15, 0.2) is 23.3 Å². The zero-order valence-corrected chi connectivity index (χ0v) is 22.6. The van der Waals surface area contributed by atoms with Crippen molar-refractivity contribution in [1.82, 2.24) is 20.4 Å². The molecule has 0 aromatic heterocycles. The molecule has 0 saturated carbocycles. The largest absolute Gasteiger partial charge is 0.379 e. The Hall–Kier alpha value is -0.240. The molecule has 2 saturated heterocycles. The van der Waals surface area contributed by atoms with Gasteiger partial charge in [0.05, 0.1) is 18.6 Å². The maximum Gasteiger partial charge on any atom is 0.129 e. The summed E-state index contributed by atoms with van der Waals surface area (Å²) in [6.07, 6.45) is 10.6. The molecule has 4 unspecified atom stereocenters. The number of thioether (sulfide) groups is 1. The second kappa shape index (κ2) is 11.7. The van der Waals surface area contributed by atoms with Gasteiger partial charge in [-0.3, -0.25) is 10.2 Å². The van der Waals surface area contributed by atoms with Gasteiger partial charge < -0.3 is 15.0 Å². The molecule has 5 nitrogen and oxygen atoms in total. The van der Waals surface area contributed by atoms with Crippen LogP contribution in [-0.4, -0.2) is 79.2 Å². The van der Waals surface area contributed by atoms with Gasteiger partial charge in [-0.2, -0.15) is 0 Å². The first kappa shape index (κ1) is 25.8. The van der Waals surface area contributed by atoms with Crippen LogP contribution in [0.5, 0.6) is 0 Å². The van der Waals surface area contributed by atoms with E-state index in [1.165, 1.54) is 30.8 Å². The van der Waals surface area contributed by atoms with Gasteiger partial charge in [0, 0.05) is 49.9 Å². The Morgan fingerprint density at radius 3 is 2.61 bits per heavy atom. The fourth-order valence-corrected chi connectivity index (χ4v) is 7.32. The quantitative estimate of drug-likeness (QED) is 0.385. The second-order valence-electron chi connectivity index (χ2n) is 11.4. The minimum absolute atomic E-state index is 0.244. The number of likely N-dealkylation sites (tertiary alicyclic amines) is 1. The lowest BCUT2D eigenvalue weighted by Gasteiger charge is -2.48. The monoisotopic (exact) mass is 496 g/mol. The van der Waals surface area contributed by atoms with Crippen LogP contribution in [0.25, 0.3) is 0 Å². The molecule has 188 valence electrons. The van der Waals surface area contributed by atoms with Crippen LogP contribution in [0, 0.1) is 23.2 Å². The smallest absolute Gasteiger partial charge is 0.129 e. The van der Waals surface area contributed by atoms with E-state index in [2.05, 4.69) is 66.5 Å². The van der Waals surface area contributed by atoms with E-state index in [0.29, 0.717) is 23.3 Å². The van der Waals surface area contributed by atoms with Crippen molar-refractivity contribution in [2.24, 2.45) is 23.2 Å². The molecule has 0 radical (unpaired) electrons. The number of nitrogens with zero attached hydrogens (tertiary/aromatic N) is 2. The molecule has 4 aliphatic rings. The number of halogens is 1. The minimum Gasteiger partial charge on any atom is -0.379 e. The lowest BCUT2D eigenvalue weighted by atomic mass is 9.65. The summed E-state index contributed by atoms with van der Waals surface area (Å²) in [4.78, 5) is 6.64. The molecule has 3 heterocycles. The SMILES string of the molecule is CC(C)[C@H](CN1CCC(C2C=CC(Cl)CC2)C(C)(C)C1)NC1NC=C(CN2CCOCC2)S1. The van der Waals surface area contributed by atoms with Gasteiger partial charge in [0.25, 0.3) is 0 Å². The van der Waals surface area contributed by atoms with Gasteiger partial charge in [-0.25, -0.2) is 0 Å². The molecule has 2 N–H and O–H groups in total. The third-order valence-corrected chi connectivity index (χ3v) is 9.45. The first-order valence-corrected chi connectivity index (χ1v) is 14.3. The number of allylic oxidation sites excluding steroid dienone is 2. The van der Waals surface area contributed by atoms with Crippen LogP contribution >= 0.6 is 23.4 Å². The molecule has 0 bridgehead atoms. The van der Waals surface area contributed by atoms with Gasteiger partial charge in [0.2, 0.25) is 0 Å². The van der Waals surface area contributed by atoms with Crippen LogP contribution in [0.4, 0.5) is 0 Å². The first-order valence-electron chi connectivity index (χ1n) is 13.0. The van der Waals surface area contributed by atoms with E-state index in [1.807, 2.05) is 11.8 Å². The number of nitrogens with one attached hydrogen (secondary N) is 2. The zero-order chi connectivity index (χ0) is 23.4. The number of hydrogen-bond donors (Lipinski definition) is 2. The van der Waals surface area contributed by atoms with Gasteiger partial charge in [0.1, 0.15) is 5.50 Å². The maximum atomic E-state index is 6.31. The molecule has 2 fully saturated rings. The molecule has 4 rings (SSSR count). The summed E-state index contributed by atoms with van der Waals surface area (Å²) in [5, 5.41) is 7.75. The summed E-state index contributed by atoms with van der Waals surface area (Å²) in [6.45, 7) is 18.0. The van der Waals surface area contributed by atoms with Crippen molar-refractivity contribution >= 4 is 23.4 Å². The standard InChI is InChI=1S/C26H45ClN4OS/c1-19(2)24(29-25-28-15-22(33-25)16-30-11-13-32-14-12-30)17-31-10-9-23(26(3,4)18-31)20-5-7-21(27)8-6-20/h5,7,15,19-21,23-25,28-29H,6,8-14,16-18H2,1-4H3/t20?,21?,23?,24-,25?/m0/s1. The molecule has 0 spiro atoms. The van der Waals surface area contributed by atoms with Crippen molar-refractivity contribution in [2.45, 2.75) is 63.9 Å².